The van der Waals surface area contributed by atoms with Crippen LogP contribution in [0, 0.1) is 19.8 Å². The Morgan fingerprint density at radius 2 is 2.00 bits per heavy atom. The first-order valence-electron chi connectivity index (χ1n) is 9.30. The van der Waals surface area contributed by atoms with E-state index in [4.69, 9.17) is 0 Å². The molecule has 0 spiro atoms. The highest BCUT2D eigenvalue weighted by atomic mass is 16.1. The summed E-state index contributed by atoms with van der Waals surface area (Å²) in [4.78, 5) is 19.0. The van der Waals surface area contributed by atoms with Gasteiger partial charge < -0.3 is 9.47 Å². The van der Waals surface area contributed by atoms with Crippen molar-refractivity contribution < 1.29 is 0 Å². The Hall–Kier alpha value is -2.74. The standard InChI is InChI=1S/C19H25N7O/c1-14-10-15(2)26(21-14)18-4-5-19(27)25(22-18)13-16-11-24(12-16)8-6-17-20-7-9-23(17)3/h4-5,7,9-10,16H,6,8,11-13H2,1-3H3. The van der Waals surface area contributed by atoms with Crippen molar-refractivity contribution in [3.63, 3.8) is 0 Å². The van der Waals surface area contributed by atoms with Gasteiger partial charge in [-0.2, -0.15) is 5.10 Å². The number of likely N-dealkylation sites (tertiary alicyclic amines) is 1. The minimum absolute atomic E-state index is 0.0632. The fourth-order valence-electron chi connectivity index (χ4n) is 3.66. The van der Waals surface area contributed by atoms with E-state index in [1.807, 2.05) is 39.4 Å². The van der Waals surface area contributed by atoms with Crippen LogP contribution >= 0.6 is 0 Å². The second kappa shape index (κ2) is 7.11. The lowest BCUT2D eigenvalue weighted by Gasteiger charge is -2.39. The maximum Gasteiger partial charge on any atom is 0.266 e. The van der Waals surface area contributed by atoms with E-state index < -0.39 is 0 Å². The maximum atomic E-state index is 12.2. The van der Waals surface area contributed by atoms with Gasteiger partial charge in [-0.15, -0.1) is 5.10 Å². The smallest absolute Gasteiger partial charge is 0.266 e. The van der Waals surface area contributed by atoms with Crippen molar-refractivity contribution in [2.45, 2.75) is 26.8 Å². The van der Waals surface area contributed by atoms with E-state index in [-0.39, 0.29) is 5.56 Å². The average Bonchev–Trinajstić information content (AvgIpc) is 3.16. The lowest BCUT2D eigenvalue weighted by molar-refractivity contribution is 0.0848. The number of imidazole rings is 1. The number of nitrogens with zero attached hydrogens (tertiary/aromatic N) is 7. The van der Waals surface area contributed by atoms with E-state index in [0.29, 0.717) is 18.3 Å². The van der Waals surface area contributed by atoms with Crippen LogP contribution < -0.4 is 5.56 Å². The minimum atomic E-state index is -0.0632. The highest BCUT2D eigenvalue weighted by molar-refractivity contribution is 5.23. The molecule has 27 heavy (non-hydrogen) atoms. The molecule has 0 aliphatic carbocycles. The second-order valence-electron chi connectivity index (χ2n) is 7.38. The molecule has 8 heteroatoms. The Morgan fingerprint density at radius 1 is 1.19 bits per heavy atom. The van der Waals surface area contributed by atoms with Gasteiger partial charge in [0.1, 0.15) is 5.82 Å². The first kappa shape index (κ1) is 17.7. The van der Waals surface area contributed by atoms with E-state index in [1.54, 1.807) is 21.5 Å². The Morgan fingerprint density at radius 3 is 2.67 bits per heavy atom. The van der Waals surface area contributed by atoms with Crippen LogP contribution in [0.2, 0.25) is 0 Å². The van der Waals surface area contributed by atoms with E-state index in [2.05, 4.69) is 24.6 Å². The van der Waals surface area contributed by atoms with Crippen molar-refractivity contribution in [3.05, 3.63) is 58.2 Å². The topological polar surface area (TPSA) is 73.8 Å². The Balaban J connectivity index is 1.36. The largest absolute Gasteiger partial charge is 0.338 e. The molecule has 1 aliphatic rings. The molecule has 3 aromatic rings. The molecule has 4 heterocycles. The molecule has 0 amide bonds. The molecule has 3 aromatic heterocycles. The van der Waals surface area contributed by atoms with Crippen molar-refractivity contribution in [2.24, 2.45) is 13.0 Å². The van der Waals surface area contributed by atoms with Crippen molar-refractivity contribution in [2.75, 3.05) is 19.6 Å². The average molecular weight is 367 g/mol. The molecular weight excluding hydrogens is 342 g/mol. The molecule has 0 bridgehead atoms. The van der Waals surface area contributed by atoms with Gasteiger partial charge in [0.15, 0.2) is 5.82 Å². The van der Waals surface area contributed by atoms with Crippen molar-refractivity contribution in [3.8, 4) is 5.82 Å². The van der Waals surface area contributed by atoms with Crippen LogP contribution in [0.4, 0.5) is 0 Å². The van der Waals surface area contributed by atoms with Crippen molar-refractivity contribution in [1.82, 2.24) is 34.0 Å². The van der Waals surface area contributed by atoms with Crippen LogP contribution in [0.3, 0.4) is 0 Å². The number of aryl methyl sites for hydroxylation is 3. The summed E-state index contributed by atoms with van der Waals surface area (Å²) in [6.07, 6.45) is 4.76. The molecule has 1 fully saturated rings. The van der Waals surface area contributed by atoms with E-state index in [1.165, 1.54) is 0 Å². The van der Waals surface area contributed by atoms with Gasteiger partial charge >= 0.3 is 0 Å². The maximum absolute atomic E-state index is 12.2. The zero-order chi connectivity index (χ0) is 19.0. The van der Waals surface area contributed by atoms with E-state index >= 15 is 0 Å². The Kier molecular flexibility index (Phi) is 4.65. The van der Waals surface area contributed by atoms with Crippen molar-refractivity contribution >= 4 is 0 Å². The monoisotopic (exact) mass is 367 g/mol. The molecule has 142 valence electrons. The Bertz CT molecular complexity index is 994. The summed E-state index contributed by atoms with van der Waals surface area (Å²) < 4.78 is 5.42. The first-order valence-corrected chi connectivity index (χ1v) is 9.30. The van der Waals surface area contributed by atoms with Crippen molar-refractivity contribution in [1.29, 1.82) is 0 Å². The van der Waals surface area contributed by atoms with Gasteiger partial charge in [-0.3, -0.25) is 4.79 Å². The van der Waals surface area contributed by atoms with Crippen LogP contribution in [0.25, 0.3) is 5.82 Å². The molecule has 0 atom stereocenters. The van der Waals surface area contributed by atoms with Crippen LogP contribution in [0.1, 0.15) is 17.2 Å². The normalized spacial score (nSPS) is 15.2. The number of aromatic nitrogens is 6. The summed E-state index contributed by atoms with van der Waals surface area (Å²) in [5.41, 5.74) is 1.88. The third kappa shape index (κ3) is 3.71. The molecule has 0 saturated carbocycles. The fraction of sp³-hybridized carbons (Fsp3) is 0.474. The van der Waals surface area contributed by atoms with Crippen LogP contribution in [-0.2, 0) is 20.0 Å². The molecule has 0 radical (unpaired) electrons. The summed E-state index contributed by atoms with van der Waals surface area (Å²) in [6.45, 7) is 7.56. The van der Waals surface area contributed by atoms with Gasteiger partial charge in [-0.05, 0) is 26.0 Å². The highest BCUT2D eigenvalue weighted by Crippen LogP contribution is 2.17. The molecule has 0 N–H and O–H groups in total. The molecule has 8 nitrogen and oxygen atoms in total. The second-order valence-corrected chi connectivity index (χ2v) is 7.38. The predicted molar refractivity (Wildman–Crippen MR) is 102 cm³/mol. The third-order valence-corrected chi connectivity index (χ3v) is 5.12. The summed E-state index contributed by atoms with van der Waals surface area (Å²) in [5, 5.41) is 8.99. The van der Waals surface area contributed by atoms with Crippen LogP contribution in [0.5, 0.6) is 0 Å². The number of hydrogen-bond donors (Lipinski definition) is 0. The van der Waals surface area contributed by atoms with Gasteiger partial charge in [0, 0.05) is 63.2 Å². The fourth-order valence-corrected chi connectivity index (χ4v) is 3.66. The molecule has 0 aromatic carbocycles. The van der Waals surface area contributed by atoms with E-state index in [9.17, 15) is 4.79 Å². The zero-order valence-corrected chi connectivity index (χ0v) is 16.0. The molecule has 1 saturated heterocycles. The third-order valence-electron chi connectivity index (χ3n) is 5.12. The van der Waals surface area contributed by atoms with Gasteiger partial charge in [0.05, 0.1) is 12.2 Å². The van der Waals surface area contributed by atoms with E-state index in [0.717, 1.165) is 43.3 Å². The molecule has 1 aliphatic heterocycles. The van der Waals surface area contributed by atoms with Gasteiger partial charge in [-0.25, -0.2) is 14.3 Å². The van der Waals surface area contributed by atoms with Gasteiger partial charge in [0.25, 0.3) is 5.56 Å². The first-order chi connectivity index (χ1) is 13.0. The van der Waals surface area contributed by atoms with Crippen LogP contribution in [-0.4, -0.2) is 53.6 Å². The highest BCUT2D eigenvalue weighted by Gasteiger charge is 2.27. The lowest BCUT2D eigenvalue weighted by atomic mass is 10.00. The summed E-state index contributed by atoms with van der Waals surface area (Å²) in [7, 11) is 2.02. The molecule has 4 rings (SSSR count). The minimum Gasteiger partial charge on any atom is -0.338 e. The number of rotatable bonds is 6. The molecule has 0 unspecified atom stereocenters. The summed E-state index contributed by atoms with van der Waals surface area (Å²) in [6, 6.07) is 5.32. The van der Waals surface area contributed by atoms with Crippen LogP contribution in [0.15, 0.2) is 35.4 Å². The molecular formula is C19H25N7O. The summed E-state index contributed by atoms with van der Waals surface area (Å²) >= 11 is 0. The Labute approximate surface area is 158 Å². The zero-order valence-electron chi connectivity index (χ0n) is 16.0. The predicted octanol–water partition coefficient (Wildman–Crippen LogP) is 0.954. The lowest BCUT2D eigenvalue weighted by Crippen LogP contribution is -2.50. The van der Waals surface area contributed by atoms with Gasteiger partial charge in [0.2, 0.25) is 0 Å². The van der Waals surface area contributed by atoms with Gasteiger partial charge in [-0.1, -0.05) is 0 Å². The SMILES string of the molecule is Cc1cc(C)n(-c2ccc(=O)n(CC3CN(CCc4nccn4C)C3)n2)n1. The summed E-state index contributed by atoms with van der Waals surface area (Å²) in [5.74, 6) is 2.24. The number of hydrogen-bond acceptors (Lipinski definition) is 5. The quantitative estimate of drug-likeness (QED) is 0.649.